The summed E-state index contributed by atoms with van der Waals surface area (Å²) in [5.74, 6) is -0.0516. The SMILES string of the molecule is O=C(CSc1nnc(NC(=O)C2CC2)s1)Nc1nnc(-c2ccc(Cl)cc2Cl)s1. The zero-order valence-corrected chi connectivity index (χ0v) is 18.5. The van der Waals surface area contributed by atoms with Gasteiger partial charge < -0.3 is 5.32 Å². The molecule has 3 aromatic rings. The van der Waals surface area contributed by atoms with Crippen LogP contribution in [0.15, 0.2) is 22.5 Å². The van der Waals surface area contributed by atoms with Crippen molar-refractivity contribution in [1.82, 2.24) is 20.4 Å². The summed E-state index contributed by atoms with van der Waals surface area (Å²) in [6.45, 7) is 0. The third kappa shape index (κ3) is 5.43. The van der Waals surface area contributed by atoms with Crippen molar-refractivity contribution in [2.75, 3.05) is 16.4 Å². The lowest BCUT2D eigenvalue weighted by Crippen LogP contribution is -2.13. The molecule has 13 heteroatoms. The first-order valence-electron chi connectivity index (χ1n) is 8.34. The summed E-state index contributed by atoms with van der Waals surface area (Å²) in [5.41, 5.74) is 0.693. The number of nitrogens with one attached hydrogen (secondary N) is 2. The van der Waals surface area contributed by atoms with E-state index in [1.165, 1.54) is 34.4 Å². The van der Waals surface area contributed by atoms with Crippen molar-refractivity contribution in [1.29, 1.82) is 0 Å². The number of thioether (sulfide) groups is 1. The Kier molecular flexibility index (Phi) is 6.30. The van der Waals surface area contributed by atoms with Gasteiger partial charge in [-0.05, 0) is 31.0 Å². The number of anilines is 2. The molecule has 29 heavy (non-hydrogen) atoms. The maximum absolute atomic E-state index is 12.2. The molecule has 2 aromatic heterocycles. The second kappa shape index (κ2) is 8.92. The third-order valence-corrected chi connectivity index (χ3v) is 7.14. The van der Waals surface area contributed by atoms with Crippen LogP contribution in [-0.2, 0) is 9.59 Å². The van der Waals surface area contributed by atoms with Crippen molar-refractivity contribution in [3.63, 3.8) is 0 Å². The van der Waals surface area contributed by atoms with E-state index in [2.05, 4.69) is 31.0 Å². The van der Waals surface area contributed by atoms with Crippen LogP contribution in [-0.4, -0.2) is 38.0 Å². The molecule has 1 aromatic carbocycles. The standard InChI is InChI=1S/C16H12Cl2N6O2S3/c17-8-3-4-9(10(18)5-8)13-21-22-14(28-13)19-11(25)6-27-16-24-23-15(29-16)20-12(26)7-1-2-7/h3-5,7H,1-2,6H2,(H,19,22,25)(H,20,23,26). The number of hydrogen-bond acceptors (Lipinski definition) is 9. The maximum atomic E-state index is 12.2. The molecule has 0 atom stereocenters. The molecule has 0 unspecified atom stereocenters. The van der Waals surface area contributed by atoms with Crippen molar-refractivity contribution in [3.8, 4) is 10.6 Å². The number of amides is 2. The average molecular weight is 487 g/mol. The summed E-state index contributed by atoms with van der Waals surface area (Å²) in [6, 6.07) is 5.09. The van der Waals surface area contributed by atoms with Crippen LogP contribution >= 0.6 is 57.6 Å². The van der Waals surface area contributed by atoms with Crippen molar-refractivity contribution >= 4 is 79.7 Å². The van der Waals surface area contributed by atoms with Gasteiger partial charge in [-0.25, -0.2) is 0 Å². The molecule has 1 fully saturated rings. The number of benzene rings is 1. The summed E-state index contributed by atoms with van der Waals surface area (Å²) < 4.78 is 0.595. The Hall–Kier alpha value is -1.79. The monoisotopic (exact) mass is 486 g/mol. The van der Waals surface area contributed by atoms with Crippen LogP contribution in [0.25, 0.3) is 10.6 Å². The lowest BCUT2D eigenvalue weighted by atomic mass is 10.2. The minimum atomic E-state index is -0.251. The molecule has 1 aliphatic carbocycles. The fourth-order valence-electron chi connectivity index (χ4n) is 2.20. The second-order valence-electron chi connectivity index (χ2n) is 6.01. The van der Waals surface area contributed by atoms with Gasteiger partial charge in [0.05, 0.1) is 10.8 Å². The highest BCUT2D eigenvalue weighted by Gasteiger charge is 2.30. The topological polar surface area (TPSA) is 110 Å². The van der Waals surface area contributed by atoms with Gasteiger partial charge in [0.15, 0.2) is 9.35 Å². The average Bonchev–Trinajstić information content (AvgIpc) is 3.29. The van der Waals surface area contributed by atoms with Gasteiger partial charge in [0.1, 0.15) is 0 Å². The summed E-state index contributed by atoms with van der Waals surface area (Å²) in [6.07, 6.45) is 1.84. The lowest BCUT2D eigenvalue weighted by molar-refractivity contribution is -0.117. The van der Waals surface area contributed by atoms with E-state index in [0.29, 0.717) is 35.2 Å². The van der Waals surface area contributed by atoms with Crippen molar-refractivity contribution in [3.05, 3.63) is 28.2 Å². The van der Waals surface area contributed by atoms with Gasteiger partial charge in [-0.2, -0.15) is 0 Å². The zero-order valence-electron chi connectivity index (χ0n) is 14.5. The number of halogens is 2. The first-order chi connectivity index (χ1) is 14.0. The quantitative estimate of drug-likeness (QED) is 0.375. The van der Waals surface area contributed by atoms with Gasteiger partial charge in [-0.1, -0.05) is 57.6 Å². The molecule has 8 nitrogen and oxygen atoms in total. The Morgan fingerprint density at radius 3 is 2.59 bits per heavy atom. The molecule has 0 radical (unpaired) electrons. The fourth-order valence-corrected chi connectivity index (χ4v) is 5.11. The van der Waals surface area contributed by atoms with Crippen molar-refractivity contribution in [2.45, 2.75) is 17.2 Å². The van der Waals surface area contributed by atoms with Crippen LogP contribution < -0.4 is 10.6 Å². The van der Waals surface area contributed by atoms with Crippen LogP contribution in [0, 0.1) is 5.92 Å². The number of nitrogens with zero attached hydrogens (tertiary/aromatic N) is 4. The molecule has 2 heterocycles. The molecule has 1 aliphatic rings. The molecule has 0 spiro atoms. The molecular weight excluding hydrogens is 475 g/mol. The zero-order chi connectivity index (χ0) is 20.4. The predicted octanol–water partition coefficient (Wildman–Crippen LogP) is 4.44. The van der Waals surface area contributed by atoms with Crippen LogP contribution in [0.1, 0.15) is 12.8 Å². The minimum absolute atomic E-state index is 0.0247. The molecule has 0 saturated heterocycles. The van der Waals surface area contributed by atoms with E-state index in [9.17, 15) is 9.59 Å². The highest BCUT2D eigenvalue weighted by Crippen LogP contribution is 2.34. The normalized spacial score (nSPS) is 13.3. The molecule has 2 amide bonds. The van der Waals surface area contributed by atoms with E-state index in [1.807, 2.05) is 0 Å². The summed E-state index contributed by atoms with van der Waals surface area (Å²) in [4.78, 5) is 23.9. The van der Waals surface area contributed by atoms with Crippen LogP contribution in [0.5, 0.6) is 0 Å². The summed E-state index contributed by atoms with van der Waals surface area (Å²) >= 11 is 15.8. The molecule has 150 valence electrons. The smallest absolute Gasteiger partial charge is 0.236 e. The van der Waals surface area contributed by atoms with Gasteiger partial charge in [0, 0.05) is 16.5 Å². The van der Waals surface area contributed by atoms with Crippen molar-refractivity contribution < 1.29 is 9.59 Å². The Morgan fingerprint density at radius 1 is 1.07 bits per heavy atom. The van der Waals surface area contributed by atoms with Gasteiger partial charge >= 0.3 is 0 Å². The van der Waals surface area contributed by atoms with Crippen LogP contribution in [0.4, 0.5) is 10.3 Å². The van der Waals surface area contributed by atoms with E-state index in [0.717, 1.165) is 12.8 Å². The largest absolute Gasteiger partial charge is 0.300 e. The van der Waals surface area contributed by atoms with E-state index in [1.54, 1.807) is 18.2 Å². The first-order valence-corrected chi connectivity index (χ1v) is 11.7. The number of carbonyl (C=O) groups is 2. The third-order valence-electron chi connectivity index (χ3n) is 3.74. The Balaban J connectivity index is 1.29. The number of rotatable bonds is 7. The highest BCUT2D eigenvalue weighted by molar-refractivity contribution is 8.01. The maximum Gasteiger partial charge on any atom is 0.236 e. The molecular formula is C16H12Cl2N6O2S3. The Bertz CT molecular complexity index is 1070. The number of carbonyl (C=O) groups excluding carboxylic acids is 2. The fraction of sp³-hybridized carbons (Fsp3) is 0.250. The summed E-state index contributed by atoms with van der Waals surface area (Å²) in [5, 5.41) is 23.7. The van der Waals surface area contributed by atoms with Gasteiger partial charge in [-0.3, -0.25) is 14.9 Å². The van der Waals surface area contributed by atoms with E-state index < -0.39 is 0 Å². The predicted molar refractivity (Wildman–Crippen MR) is 116 cm³/mol. The van der Waals surface area contributed by atoms with Crippen LogP contribution in [0.2, 0.25) is 10.0 Å². The number of hydrogen-bond donors (Lipinski definition) is 2. The van der Waals surface area contributed by atoms with Crippen LogP contribution in [0.3, 0.4) is 0 Å². The highest BCUT2D eigenvalue weighted by atomic mass is 35.5. The number of aromatic nitrogens is 4. The molecule has 2 N–H and O–H groups in total. The first kappa shape index (κ1) is 20.5. The second-order valence-corrected chi connectivity index (χ2v) is 10.0. The summed E-state index contributed by atoms with van der Waals surface area (Å²) in [7, 11) is 0. The van der Waals surface area contributed by atoms with E-state index >= 15 is 0 Å². The molecule has 1 saturated carbocycles. The molecule has 4 rings (SSSR count). The molecule has 0 aliphatic heterocycles. The molecule has 0 bridgehead atoms. The van der Waals surface area contributed by atoms with E-state index in [-0.39, 0.29) is 23.5 Å². The van der Waals surface area contributed by atoms with Gasteiger partial charge in [-0.15, -0.1) is 20.4 Å². The van der Waals surface area contributed by atoms with Crippen molar-refractivity contribution in [2.24, 2.45) is 5.92 Å². The minimum Gasteiger partial charge on any atom is -0.300 e. The Labute approximate surface area is 187 Å². The van der Waals surface area contributed by atoms with Gasteiger partial charge in [0.25, 0.3) is 0 Å². The Morgan fingerprint density at radius 2 is 1.83 bits per heavy atom. The lowest BCUT2D eigenvalue weighted by Gasteiger charge is -2.00. The van der Waals surface area contributed by atoms with Gasteiger partial charge in [0.2, 0.25) is 22.1 Å². The van der Waals surface area contributed by atoms with E-state index in [4.69, 9.17) is 23.2 Å².